The summed E-state index contributed by atoms with van der Waals surface area (Å²) in [4.78, 5) is 31.1. The number of nitrogens with one attached hydrogen (secondary N) is 2. The van der Waals surface area contributed by atoms with Crippen LogP contribution in [0.4, 0.5) is 11.4 Å². The lowest BCUT2D eigenvalue weighted by molar-refractivity contribution is 0.101. The molecule has 6 nitrogen and oxygen atoms in total. The van der Waals surface area contributed by atoms with Gasteiger partial charge < -0.3 is 15.4 Å². The summed E-state index contributed by atoms with van der Waals surface area (Å²) in [6.45, 7) is 1.98. The van der Waals surface area contributed by atoms with Gasteiger partial charge >= 0.3 is 0 Å². The molecular formula is C31H25N3O3. The Bertz CT molecular complexity index is 1600. The van der Waals surface area contributed by atoms with Crippen LogP contribution in [0.1, 0.15) is 26.3 Å². The van der Waals surface area contributed by atoms with Crippen LogP contribution < -0.4 is 15.4 Å². The Kier molecular flexibility index (Phi) is 6.64. The summed E-state index contributed by atoms with van der Waals surface area (Å²) >= 11 is 0. The number of hydrogen-bond acceptors (Lipinski definition) is 4. The van der Waals surface area contributed by atoms with Crippen molar-refractivity contribution < 1.29 is 14.3 Å². The summed E-state index contributed by atoms with van der Waals surface area (Å²) in [5, 5.41) is 6.58. The number of hydrogen-bond donors (Lipinski definition) is 2. The lowest BCUT2D eigenvalue weighted by atomic mass is 10.0. The molecule has 182 valence electrons. The third-order valence-corrected chi connectivity index (χ3v) is 6.09. The van der Waals surface area contributed by atoms with Gasteiger partial charge in [-0.25, -0.2) is 4.98 Å². The number of benzene rings is 4. The zero-order valence-electron chi connectivity index (χ0n) is 20.5. The van der Waals surface area contributed by atoms with Crippen molar-refractivity contribution in [2.24, 2.45) is 0 Å². The molecule has 0 fully saturated rings. The van der Waals surface area contributed by atoms with Crippen molar-refractivity contribution in [3.8, 4) is 17.0 Å². The number of nitrogens with zero attached hydrogens (tertiary/aromatic N) is 1. The van der Waals surface area contributed by atoms with E-state index in [0.29, 0.717) is 28.2 Å². The molecule has 0 saturated heterocycles. The van der Waals surface area contributed by atoms with Gasteiger partial charge in [0.15, 0.2) is 0 Å². The van der Waals surface area contributed by atoms with Crippen molar-refractivity contribution in [3.63, 3.8) is 0 Å². The molecule has 0 aliphatic heterocycles. The van der Waals surface area contributed by atoms with Crippen molar-refractivity contribution in [2.75, 3.05) is 17.7 Å². The summed E-state index contributed by atoms with van der Waals surface area (Å²) in [5.74, 6) is 0.206. The highest BCUT2D eigenvalue weighted by molar-refractivity contribution is 6.14. The van der Waals surface area contributed by atoms with Crippen molar-refractivity contribution in [1.82, 2.24) is 4.98 Å². The summed E-state index contributed by atoms with van der Waals surface area (Å²) in [5.41, 5.74) is 5.46. The second kappa shape index (κ2) is 10.3. The average Bonchev–Trinajstić information content (AvgIpc) is 2.93. The number of ether oxygens (including phenoxy) is 1. The molecule has 0 aliphatic rings. The highest BCUT2D eigenvalue weighted by Gasteiger charge is 2.16. The van der Waals surface area contributed by atoms with Crippen molar-refractivity contribution in [1.29, 1.82) is 0 Å². The predicted molar refractivity (Wildman–Crippen MR) is 147 cm³/mol. The molecule has 37 heavy (non-hydrogen) atoms. The summed E-state index contributed by atoms with van der Waals surface area (Å²) in [7, 11) is 1.62. The first kappa shape index (κ1) is 23.8. The van der Waals surface area contributed by atoms with E-state index >= 15 is 0 Å². The third-order valence-electron chi connectivity index (χ3n) is 6.09. The number of carbonyl (C=O) groups is 2. The van der Waals surface area contributed by atoms with Gasteiger partial charge in [0.2, 0.25) is 0 Å². The Morgan fingerprint density at radius 1 is 0.730 bits per heavy atom. The quantitative estimate of drug-likeness (QED) is 0.278. The largest absolute Gasteiger partial charge is 0.497 e. The fraction of sp³-hybridized carbons (Fsp3) is 0.0645. The van der Waals surface area contributed by atoms with Gasteiger partial charge in [0, 0.05) is 27.9 Å². The maximum absolute atomic E-state index is 13.5. The van der Waals surface area contributed by atoms with Gasteiger partial charge in [-0.3, -0.25) is 9.59 Å². The molecule has 2 amide bonds. The van der Waals surface area contributed by atoms with E-state index in [2.05, 4.69) is 10.6 Å². The van der Waals surface area contributed by atoms with Crippen LogP contribution in [0.3, 0.4) is 0 Å². The zero-order valence-corrected chi connectivity index (χ0v) is 20.5. The number of para-hydroxylation sites is 2. The van der Waals surface area contributed by atoms with Crippen molar-refractivity contribution in [3.05, 3.63) is 120 Å². The third kappa shape index (κ3) is 5.18. The molecule has 1 heterocycles. The highest BCUT2D eigenvalue weighted by atomic mass is 16.5. The molecule has 2 N–H and O–H groups in total. The maximum atomic E-state index is 13.5. The summed E-state index contributed by atoms with van der Waals surface area (Å²) in [6.07, 6.45) is 0. The molecule has 1 aromatic heterocycles. The Labute approximate surface area is 215 Å². The number of methoxy groups -OCH3 is 1. The fourth-order valence-corrected chi connectivity index (χ4v) is 4.15. The van der Waals surface area contributed by atoms with Crippen LogP contribution in [0.25, 0.3) is 22.2 Å². The Hall–Kier alpha value is -4.97. The van der Waals surface area contributed by atoms with E-state index in [1.165, 1.54) is 0 Å². The lowest BCUT2D eigenvalue weighted by Crippen LogP contribution is -2.15. The van der Waals surface area contributed by atoms with Gasteiger partial charge in [0.25, 0.3) is 11.8 Å². The molecule has 0 spiro atoms. The molecule has 0 bridgehead atoms. The van der Waals surface area contributed by atoms with Gasteiger partial charge in [-0.05, 0) is 73.2 Å². The fourth-order valence-electron chi connectivity index (χ4n) is 4.15. The first-order valence-corrected chi connectivity index (χ1v) is 11.8. The van der Waals surface area contributed by atoms with Gasteiger partial charge in [-0.15, -0.1) is 0 Å². The van der Waals surface area contributed by atoms with Crippen LogP contribution in [0.5, 0.6) is 5.75 Å². The van der Waals surface area contributed by atoms with E-state index in [1.54, 1.807) is 37.4 Å². The molecule has 0 unspecified atom stereocenters. The van der Waals surface area contributed by atoms with Crippen LogP contribution in [-0.4, -0.2) is 23.9 Å². The minimum absolute atomic E-state index is 0.255. The topological polar surface area (TPSA) is 80.3 Å². The average molecular weight is 488 g/mol. The van der Waals surface area contributed by atoms with Crippen LogP contribution in [-0.2, 0) is 0 Å². The minimum Gasteiger partial charge on any atom is -0.497 e. The van der Waals surface area contributed by atoms with Gasteiger partial charge in [0.05, 0.1) is 23.9 Å². The van der Waals surface area contributed by atoms with Crippen LogP contribution in [0.15, 0.2) is 103 Å². The number of pyridine rings is 1. The molecule has 4 aromatic carbocycles. The lowest BCUT2D eigenvalue weighted by Gasteiger charge is -2.13. The summed E-state index contributed by atoms with van der Waals surface area (Å²) < 4.78 is 5.27. The number of aryl methyl sites for hydroxylation is 1. The number of anilines is 2. The highest BCUT2D eigenvalue weighted by Crippen LogP contribution is 2.28. The monoisotopic (exact) mass is 487 g/mol. The first-order valence-electron chi connectivity index (χ1n) is 11.8. The predicted octanol–water partition coefficient (Wildman–Crippen LogP) is 6.72. The first-order chi connectivity index (χ1) is 18.0. The van der Waals surface area contributed by atoms with E-state index in [1.807, 2.05) is 79.7 Å². The smallest absolute Gasteiger partial charge is 0.256 e. The van der Waals surface area contributed by atoms with Crippen molar-refractivity contribution in [2.45, 2.75) is 6.92 Å². The molecule has 5 aromatic rings. The van der Waals surface area contributed by atoms with Crippen LogP contribution in [0, 0.1) is 6.92 Å². The standard InChI is InChI=1S/C31H25N3O3/c1-20-8-6-13-26-27(19-28(34-29(20)26)21-14-16-25(37-2)17-15-21)31(36)33-24-12-7-9-22(18-24)30(35)32-23-10-4-3-5-11-23/h3-19H,1-2H3,(H,32,35)(H,33,36). The Morgan fingerprint density at radius 3 is 2.19 bits per heavy atom. The SMILES string of the molecule is COc1ccc(-c2cc(C(=O)Nc3cccc(C(=O)Nc4ccccc4)c3)c3cccc(C)c3n2)cc1. The molecule has 0 atom stereocenters. The number of rotatable bonds is 6. The molecule has 5 rings (SSSR count). The molecule has 0 aliphatic carbocycles. The number of fused-ring (bicyclic) bond motifs is 1. The van der Waals surface area contributed by atoms with Crippen LogP contribution in [0.2, 0.25) is 0 Å². The molecular weight excluding hydrogens is 462 g/mol. The van der Waals surface area contributed by atoms with Gasteiger partial charge in [-0.1, -0.05) is 42.5 Å². The summed E-state index contributed by atoms with van der Waals surface area (Å²) in [6, 6.07) is 31.3. The second-order valence-corrected chi connectivity index (χ2v) is 8.61. The normalized spacial score (nSPS) is 10.6. The molecule has 0 saturated carbocycles. The van der Waals surface area contributed by atoms with E-state index in [9.17, 15) is 9.59 Å². The molecule has 6 heteroatoms. The molecule has 0 radical (unpaired) electrons. The zero-order chi connectivity index (χ0) is 25.8. The Balaban J connectivity index is 1.47. The number of amides is 2. The van der Waals surface area contributed by atoms with Crippen molar-refractivity contribution >= 4 is 34.1 Å². The van der Waals surface area contributed by atoms with E-state index in [-0.39, 0.29) is 11.8 Å². The number of carbonyl (C=O) groups excluding carboxylic acids is 2. The van der Waals surface area contributed by atoms with E-state index in [0.717, 1.165) is 27.8 Å². The Morgan fingerprint density at radius 2 is 1.43 bits per heavy atom. The van der Waals surface area contributed by atoms with E-state index < -0.39 is 0 Å². The minimum atomic E-state index is -0.284. The second-order valence-electron chi connectivity index (χ2n) is 8.61. The van der Waals surface area contributed by atoms with Gasteiger partial charge in [-0.2, -0.15) is 0 Å². The maximum Gasteiger partial charge on any atom is 0.256 e. The van der Waals surface area contributed by atoms with Gasteiger partial charge in [0.1, 0.15) is 5.75 Å². The number of aromatic nitrogens is 1. The van der Waals surface area contributed by atoms with Crippen LogP contribution >= 0.6 is 0 Å². The van der Waals surface area contributed by atoms with E-state index in [4.69, 9.17) is 9.72 Å².